The van der Waals surface area contributed by atoms with Crippen LogP contribution in [0.2, 0.25) is 5.02 Å². The Morgan fingerprint density at radius 2 is 2.19 bits per heavy atom. The van der Waals surface area contributed by atoms with E-state index in [1.165, 1.54) is 4.88 Å². The third-order valence-electron chi connectivity index (χ3n) is 3.26. The van der Waals surface area contributed by atoms with Crippen LogP contribution >= 0.6 is 22.9 Å². The lowest BCUT2D eigenvalue weighted by Crippen LogP contribution is -2.28. The SMILES string of the molecule is CCCC(NC(=O)c1cc(Cl)ccc1NC)c1cccs1. The number of benzene rings is 1. The minimum atomic E-state index is -0.103. The Hall–Kier alpha value is -1.52. The van der Waals surface area contributed by atoms with Gasteiger partial charge in [-0.3, -0.25) is 4.79 Å². The molecule has 1 unspecified atom stereocenters. The number of carbonyl (C=O) groups excluding carboxylic acids is 1. The van der Waals surface area contributed by atoms with Gasteiger partial charge in [0.05, 0.1) is 11.6 Å². The maximum atomic E-state index is 12.6. The minimum Gasteiger partial charge on any atom is -0.387 e. The molecule has 0 radical (unpaired) electrons. The highest BCUT2D eigenvalue weighted by Gasteiger charge is 2.18. The number of halogens is 1. The second-order valence-corrected chi connectivity index (χ2v) is 6.19. The Labute approximate surface area is 134 Å². The lowest BCUT2D eigenvalue weighted by atomic mass is 10.1. The van der Waals surface area contributed by atoms with Gasteiger partial charge < -0.3 is 10.6 Å². The Morgan fingerprint density at radius 1 is 1.38 bits per heavy atom. The number of nitrogens with one attached hydrogen (secondary N) is 2. The first-order chi connectivity index (χ1) is 10.2. The number of hydrogen-bond acceptors (Lipinski definition) is 3. The molecule has 0 aliphatic carbocycles. The topological polar surface area (TPSA) is 41.1 Å². The molecule has 1 heterocycles. The van der Waals surface area contributed by atoms with Crippen molar-refractivity contribution in [3.63, 3.8) is 0 Å². The van der Waals surface area contributed by atoms with E-state index in [9.17, 15) is 4.79 Å². The van der Waals surface area contributed by atoms with Gasteiger partial charge in [0.15, 0.2) is 0 Å². The van der Waals surface area contributed by atoms with Crippen LogP contribution in [0.4, 0.5) is 5.69 Å². The van der Waals surface area contributed by atoms with E-state index in [1.54, 1.807) is 30.5 Å². The quantitative estimate of drug-likeness (QED) is 0.808. The second kappa shape index (κ2) is 7.48. The second-order valence-electron chi connectivity index (χ2n) is 4.77. The summed E-state index contributed by atoms with van der Waals surface area (Å²) in [7, 11) is 1.79. The van der Waals surface area contributed by atoms with Gasteiger partial charge in [0.1, 0.15) is 0 Å². The van der Waals surface area contributed by atoms with Crippen LogP contribution in [0.15, 0.2) is 35.7 Å². The zero-order valence-electron chi connectivity index (χ0n) is 12.2. The monoisotopic (exact) mass is 322 g/mol. The summed E-state index contributed by atoms with van der Waals surface area (Å²) in [6.45, 7) is 2.12. The van der Waals surface area contributed by atoms with Crippen molar-refractivity contribution in [2.24, 2.45) is 0 Å². The number of amides is 1. The molecule has 112 valence electrons. The molecule has 0 saturated carbocycles. The van der Waals surface area contributed by atoms with Gasteiger partial charge in [-0.1, -0.05) is 31.0 Å². The van der Waals surface area contributed by atoms with Crippen LogP contribution < -0.4 is 10.6 Å². The first kappa shape index (κ1) is 15.9. The van der Waals surface area contributed by atoms with Crippen molar-refractivity contribution in [3.8, 4) is 0 Å². The standard InChI is InChI=1S/C16H19ClN2OS/c1-3-5-14(15-6-4-9-21-15)19-16(20)12-10-11(17)7-8-13(12)18-2/h4,6-10,14,18H,3,5H2,1-2H3,(H,19,20). The van der Waals surface area contributed by atoms with Crippen LogP contribution in [-0.2, 0) is 0 Å². The van der Waals surface area contributed by atoms with E-state index in [0.717, 1.165) is 18.5 Å². The highest BCUT2D eigenvalue weighted by Crippen LogP contribution is 2.25. The fourth-order valence-corrected chi connectivity index (χ4v) is 3.21. The molecule has 1 aromatic heterocycles. The number of anilines is 1. The fraction of sp³-hybridized carbons (Fsp3) is 0.312. The van der Waals surface area contributed by atoms with Crippen LogP contribution in [0.5, 0.6) is 0 Å². The summed E-state index contributed by atoms with van der Waals surface area (Å²) in [5.41, 5.74) is 1.35. The molecule has 2 aromatic rings. The van der Waals surface area contributed by atoms with Crippen molar-refractivity contribution in [2.45, 2.75) is 25.8 Å². The van der Waals surface area contributed by atoms with E-state index in [4.69, 9.17) is 11.6 Å². The molecule has 1 amide bonds. The molecule has 0 fully saturated rings. The molecule has 0 bridgehead atoms. The first-order valence-corrected chi connectivity index (χ1v) is 8.23. The molecule has 21 heavy (non-hydrogen) atoms. The van der Waals surface area contributed by atoms with Crippen LogP contribution in [0, 0.1) is 0 Å². The van der Waals surface area contributed by atoms with Crippen LogP contribution in [0.1, 0.15) is 41.0 Å². The van der Waals surface area contributed by atoms with E-state index in [2.05, 4.69) is 23.6 Å². The highest BCUT2D eigenvalue weighted by atomic mass is 35.5. The Morgan fingerprint density at radius 3 is 2.81 bits per heavy atom. The molecule has 1 atom stereocenters. The lowest BCUT2D eigenvalue weighted by molar-refractivity contribution is 0.0936. The normalized spacial score (nSPS) is 12.0. The van der Waals surface area contributed by atoms with Gasteiger partial charge in [-0.25, -0.2) is 0 Å². The van der Waals surface area contributed by atoms with E-state index in [-0.39, 0.29) is 11.9 Å². The Balaban J connectivity index is 2.21. The van der Waals surface area contributed by atoms with Crippen molar-refractivity contribution in [3.05, 3.63) is 51.2 Å². The average Bonchev–Trinajstić information content (AvgIpc) is 3.00. The fourth-order valence-electron chi connectivity index (χ4n) is 2.22. The molecular formula is C16H19ClN2OS. The van der Waals surface area contributed by atoms with E-state index in [0.29, 0.717) is 10.6 Å². The minimum absolute atomic E-state index is 0.0474. The molecule has 1 aromatic carbocycles. The maximum Gasteiger partial charge on any atom is 0.253 e. The van der Waals surface area contributed by atoms with E-state index in [1.807, 2.05) is 17.5 Å². The summed E-state index contributed by atoms with van der Waals surface area (Å²) < 4.78 is 0. The Bertz CT molecular complexity index is 598. The predicted octanol–water partition coefficient (Wildman–Crippen LogP) is 4.71. The maximum absolute atomic E-state index is 12.6. The van der Waals surface area contributed by atoms with Crippen molar-refractivity contribution in [1.82, 2.24) is 5.32 Å². The summed E-state index contributed by atoms with van der Waals surface area (Å²) in [5, 5.41) is 8.73. The lowest BCUT2D eigenvalue weighted by Gasteiger charge is -2.18. The molecule has 5 heteroatoms. The van der Waals surface area contributed by atoms with Crippen molar-refractivity contribution >= 4 is 34.5 Å². The van der Waals surface area contributed by atoms with Crippen molar-refractivity contribution in [2.75, 3.05) is 12.4 Å². The Kier molecular flexibility index (Phi) is 5.65. The zero-order chi connectivity index (χ0) is 15.2. The van der Waals surface area contributed by atoms with Crippen LogP contribution in [0.25, 0.3) is 0 Å². The van der Waals surface area contributed by atoms with Crippen molar-refractivity contribution in [1.29, 1.82) is 0 Å². The van der Waals surface area contributed by atoms with Gasteiger partial charge in [0.25, 0.3) is 5.91 Å². The van der Waals surface area contributed by atoms with Gasteiger partial charge in [-0.05, 0) is 36.1 Å². The van der Waals surface area contributed by atoms with Crippen molar-refractivity contribution < 1.29 is 4.79 Å². The predicted molar refractivity (Wildman–Crippen MR) is 90.4 cm³/mol. The number of thiophene rings is 1. The zero-order valence-corrected chi connectivity index (χ0v) is 13.7. The average molecular weight is 323 g/mol. The van der Waals surface area contributed by atoms with Crippen LogP contribution in [-0.4, -0.2) is 13.0 Å². The van der Waals surface area contributed by atoms with Gasteiger partial charge in [0, 0.05) is 22.6 Å². The van der Waals surface area contributed by atoms with Gasteiger partial charge >= 0.3 is 0 Å². The summed E-state index contributed by atoms with van der Waals surface area (Å²) in [6, 6.07) is 9.39. The summed E-state index contributed by atoms with van der Waals surface area (Å²) in [5.74, 6) is -0.103. The first-order valence-electron chi connectivity index (χ1n) is 6.97. The summed E-state index contributed by atoms with van der Waals surface area (Å²) in [6.07, 6.45) is 1.93. The number of rotatable bonds is 6. The van der Waals surface area contributed by atoms with Gasteiger partial charge in [0.2, 0.25) is 0 Å². The van der Waals surface area contributed by atoms with Gasteiger partial charge in [-0.15, -0.1) is 11.3 Å². The molecule has 2 N–H and O–H groups in total. The smallest absolute Gasteiger partial charge is 0.253 e. The molecular weight excluding hydrogens is 304 g/mol. The molecule has 0 saturated heterocycles. The molecule has 0 spiro atoms. The third-order valence-corrected chi connectivity index (χ3v) is 4.49. The molecule has 2 rings (SSSR count). The molecule has 3 nitrogen and oxygen atoms in total. The summed E-state index contributed by atoms with van der Waals surface area (Å²) >= 11 is 7.67. The number of hydrogen-bond donors (Lipinski definition) is 2. The number of carbonyl (C=O) groups is 1. The van der Waals surface area contributed by atoms with E-state index < -0.39 is 0 Å². The molecule has 0 aliphatic rings. The van der Waals surface area contributed by atoms with E-state index >= 15 is 0 Å². The van der Waals surface area contributed by atoms with Gasteiger partial charge in [-0.2, -0.15) is 0 Å². The third kappa shape index (κ3) is 3.99. The summed E-state index contributed by atoms with van der Waals surface area (Å²) in [4.78, 5) is 13.7. The largest absolute Gasteiger partial charge is 0.387 e. The highest BCUT2D eigenvalue weighted by molar-refractivity contribution is 7.10. The van der Waals surface area contributed by atoms with Crippen LogP contribution in [0.3, 0.4) is 0 Å². The molecule has 0 aliphatic heterocycles.